The molecular weight excluding hydrogens is 236 g/mol. The molecule has 2 rings (SSSR count). The van der Waals surface area contributed by atoms with Crippen LogP contribution in [0.4, 0.5) is 0 Å². The van der Waals surface area contributed by atoms with Crippen molar-refractivity contribution in [3.05, 3.63) is 0 Å². The zero-order chi connectivity index (χ0) is 13.7. The molecule has 1 saturated heterocycles. The third kappa shape index (κ3) is 4.73. The van der Waals surface area contributed by atoms with Crippen LogP contribution in [-0.2, 0) is 4.74 Å². The number of rotatable bonds is 6. The third-order valence-corrected chi connectivity index (χ3v) is 4.90. The van der Waals surface area contributed by atoms with Crippen molar-refractivity contribution in [2.24, 2.45) is 5.92 Å². The number of hydrogen-bond acceptors (Lipinski definition) is 3. The lowest BCUT2D eigenvalue weighted by molar-refractivity contribution is -0.0245. The Morgan fingerprint density at radius 2 is 1.95 bits per heavy atom. The van der Waals surface area contributed by atoms with Gasteiger partial charge in [0.1, 0.15) is 0 Å². The molecule has 0 spiro atoms. The van der Waals surface area contributed by atoms with E-state index < -0.39 is 0 Å². The summed E-state index contributed by atoms with van der Waals surface area (Å²) in [6, 6.07) is 1.51. The quantitative estimate of drug-likeness (QED) is 0.801. The van der Waals surface area contributed by atoms with E-state index in [0.717, 1.165) is 19.2 Å². The summed E-state index contributed by atoms with van der Waals surface area (Å²) in [6.07, 6.45) is 8.49. The van der Waals surface area contributed by atoms with Crippen molar-refractivity contribution < 1.29 is 4.74 Å². The average Bonchev–Trinajstić information content (AvgIpc) is 2.93. The lowest BCUT2D eigenvalue weighted by Crippen LogP contribution is -2.44. The fourth-order valence-corrected chi connectivity index (χ4v) is 3.45. The first-order chi connectivity index (χ1) is 9.16. The first-order valence-electron chi connectivity index (χ1n) is 8.22. The molecule has 2 aliphatic rings. The Kier molecular flexibility index (Phi) is 6.11. The molecule has 112 valence electrons. The van der Waals surface area contributed by atoms with Crippen molar-refractivity contribution in [1.29, 1.82) is 0 Å². The highest BCUT2D eigenvalue weighted by Crippen LogP contribution is 2.22. The maximum atomic E-state index is 5.83. The van der Waals surface area contributed by atoms with Gasteiger partial charge in [-0.2, -0.15) is 0 Å². The summed E-state index contributed by atoms with van der Waals surface area (Å²) >= 11 is 0. The van der Waals surface area contributed by atoms with Crippen LogP contribution in [0.1, 0.15) is 52.4 Å². The zero-order valence-electron chi connectivity index (χ0n) is 13.0. The van der Waals surface area contributed by atoms with Crippen molar-refractivity contribution in [3.63, 3.8) is 0 Å². The molecule has 0 bridgehead atoms. The Balaban J connectivity index is 1.62. The first kappa shape index (κ1) is 15.3. The van der Waals surface area contributed by atoms with E-state index in [1.165, 1.54) is 45.1 Å². The first-order valence-corrected chi connectivity index (χ1v) is 8.22. The number of likely N-dealkylation sites (N-methyl/N-ethyl adjacent to an activating group) is 1. The van der Waals surface area contributed by atoms with Gasteiger partial charge in [0.15, 0.2) is 0 Å². The largest absolute Gasteiger partial charge is 0.378 e. The second kappa shape index (κ2) is 7.61. The van der Waals surface area contributed by atoms with E-state index in [2.05, 4.69) is 31.1 Å². The van der Waals surface area contributed by atoms with E-state index in [4.69, 9.17) is 4.74 Å². The molecule has 2 unspecified atom stereocenters. The molecule has 3 nitrogen and oxygen atoms in total. The zero-order valence-corrected chi connectivity index (χ0v) is 13.0. The highest BCUT2D eigenvalue weighted by molar-refractivity contribution is 4.80. The fraction of sp³-hybridized carbons (Fsp3) is 1.00. The molecule has 19 heavy (non-hydrogen) atoms. The van der Waals surface area contributed by atoms with E-state index in [9.17, 15) is 0 Å². The van der Waals surface area contributed by atoms with Gasteiger partial charge in [0.25, 0.3) is 0 Å². The minimum atomic E-state index is 0.457. The summed E-state index contributed by atoms with van der Waals surface area (Å²) in [5, 5.41) is 3.74. The lowest BCUT2D eigenvalue weighted by atomic mass is 9.95. The molecule has 0 aromatic carbocycles. The topological polar surface area (TPSA) is 24.5 Å². The molecule has 1 aliphatic heterocycles. The SMILES string of the molecule is CC(C)C1CC(NCCN(C)C2CCCC2)CCO1. The summed E-state index contributed by atoms with van der Waals surface area (Å²) in [4.78, 5) is 2.55. The standard InChI is InChI=1S/C16H32N2O/c1-13(2)16-12-14(8-11-19-16)17-9-10-18(3)15-6-4-5-7-15/h13-17H,4-12H2,1-3H3. The van der Waals surface area contributed by atoms with Crippen molar-refractivity contribution in [1.82, 2.24) is 10.2 Å². The highest BCUT2D eigenvalue weighted by Gasteiger charge is 2.25. The number of hydrogen-bond donors (Lipinski definition) is 1. The van der Waals surface area contributed by atoms with Crippen molar-refractivity contribution >= 4 is 0 Å². The van der Waals surface area contributed by atoms with Crippen molar-refractivity contribution in [2.45, 2.75) is 70.6 Å². The molecule has 0 radical (unpaired) electrons. The number of nitrogens with one attached hydrogen (secondary N) is 1. The maximum Gasteiger partial charge on any atom is 0.0612 e. The average molecular weight is 268 g/mol. The smallest absolute Gasteiger partial charge is 0.0612 e. The molecule has 2 atom stereocenters. The maximum absolute atomic E-state index is 5.83. The van der Waals surface area contributed by atoms with Crippen LogP contribution in [-0.4, -0.2) is 49.8 Å². The van der Waals surface area contributed by atoms with Crippen LogP contribution in [0.15, 0.2) is 0 Å². The third-order valence-electron chi connectivity index (χ3n) is 4.90. The van der Waals surface area contributed by atoms with E-state index in [0.29, 0.717) is 18.1 Å². The van der Waals surface area contributed by atoms with Gasteiger partial charge in [-0.05, 0) is 38.6 Å². The monoisotopic (exact) mass is 268 g/mol. The number of ether oxygens (including phenoxy) is 1. The molecule has 3 heteroatoms. The lowest BCUT2D eigenvalue weighted by Gasteiger charge is -2.33. The predicted octanol–water partition coefficient (Wildman–Crippen LogP) is 2.65. The Hall–Kier alpha value is -0.120. The fourth-order valence-electron chi connectivity index (χ4n) is 3.45. The molecule has 2 fully saturated rings. The van der Waals surface area contributed by atoms with Crippen LogP contribution in [0.3, 0.4) is 0 Å². The van der Waals surface area contributed by atoms with Crippen LogP contribution >= 0.6 is 0 Å². The van der Waals surface area contributed by atoms with Gasteiger partial charge in [-0.3, -0.25) is 0 Å². The minimum Gasteiger partial charge on any atom is -0.378 e. The summed E-state index contributed by atoms with van der Waals surface area (Å²) in [7, 11) is 2.29. The summed E-state index contributed by atoms with van der Waals surface area (Å²) in [6.45, 7) is 7.78. The molecule has 0 aromatic rings. The van der Waals surface area contributed by atoms with Gasteiger partial charge in [0.2, 0.25) is 0 Å². The van der Waals surface area contributed by atoms with Crippen LogP contribution in [0.5, 0.6) is 0 Å². The summed E-state index contributed by atoms with van der Waals surface area (Å²) in [5.74, 6) is 0.644. The van der Waals surface area contributed by atoms with Crippen molar-refractivity contribution in [3.8, 4) is 0 Å². The minimum absolute atomic E-state index is 0.457. The van der Waals surface area contributed by atoms with E-state index in [1.807, 2.05) is 0 Å². The molecule has 0 amide bonds. The highest BCUT2D eigenvalue weighted by atomic mass is 16.5. The predicted molar refractivity (Wildman–Crippen MR) is 80.5 cm³/mol. The number of nitrogens with zero attached hydrogens (tertiary/aromatic N) is 1. The van der Waals surface area contributed by atoms with E-state index >= 15 is 0 Å². The van der Waals surface area contributed by atoms with Gasteiger partial charge >= 0.3 is 0 Å². The molecule has 1 heterocycles. The Morgan fingerprint density at radius 1 is 1.21 bits per heavy atom. The van der Waals surface area contributed by atoms with Gasteiger partial charge in [-0.1, -0.05) is 26.7 Å². The van der Waals surface area contributed by atoms with Crippen LogP contribution in [0.2, 0.25) is 0 Å². The summed E-state index contributed by atoms with van der Waals surface area (Å²) < 4.78 is 5.83. The molecule has 1 saturated carbocycles. The Labute approximate surface area is 119 Å². The normalized spacial score (nSPS) is 29.5. The van der Waals surface area contributed by atoms with Crippen molar-refractivity contribution in [2.75, 3.05) is 26.7 Å². The molecular formula is C16H32N2O. The molecule has 1 N–H and O–H groups in total. The van der Waals surface area contributed by atoms with Crippen LogP contribution < -0.4 is 5.32 Å². The van der Waals surface area contributed by atoms with E-state index in [1.54, 1.807) is 0 Å². The van der Waals surface area contributed by atoms with E-state index in [-0.39, 0.29) is 0 Å². The Morgan fingerprint density at radius 3 is 2.63 bits per heavy atom. The van der Waals surface area contributed by atoms with Crippen LogP contribution in [0.25, 0.3) is 0 Å². The van der Waals surface area contributed by atoms with Gasteiger partial charge in [-0.25, -0.2) is 0 Å². The van der Waals surface area contributed by atoms with Gasteiger partial charge in [0.05, 0.1) is 6.10 Å². The van der Waals surface area contributed by atoms with Crippen LogP contribution in [0, 0.1) is 5.92 Å². The summed E-state index contributed by atoms with van der Waals surface area (Å²) in [5.41, 5.74) is 0. The molecule has 1 aliphatic carbocycles. The van der Waals surface area contributed by atoms with Gasteiger partial charge in [0, 0.05) is 31.8 Å². The Bertz CT molecular complexity index is 251. The molecule has 0 aromatic heterocycles. The second-order valence-corrected chi connectivity index (χ2v) is 6.75. The second-order valence-electron chi connectivity index (χ2n) is 6.75. The van der Waals surface area contributed by atoms with Gasteiger partial charge < -0.3 is 15.0 Å². The van der Waals surface area contributed by atoms with Gasteiger partial charge in [-0.15, -0.1) is 0 Å².